The van der Waals surface area contributed by atoms with Crippen LogP contribution in [0, 0.1) is 6.92 Å². The van der Waals surface area contributed by atoms with Gasteiger partial charge in [-0.05, 0) is 37.0 Å². The minimum atomic E-state index is -5.02. The van der Waals surface area contributed by atoms with Crippen LogP contribution < -0.4 is 5.32 Å². The Morgan fingerprint density at radius 3 is 2.81 bits per heavy atom. The molecule has 1 heterocycles. The molecule has 2 N–H and O–H groups in total. The number of benzene rings is 1. The van der Waals surface area contributed by atoms with Crippen LogP contribution in [0.25, 0.3) is 0 Å². The maximum atomic E-state index is 13.5. The second-order valence-corrected chi connectivity index (χ2v) is 7.56. The molecule has 1 aliphatic rings. The molecule has 9 heteroatoms. The van der Waals surface area contributed by atoms with Crippen molar-refractivity contribution >= 4 is 28.8 Å². The van der Waals surface area contributed by atoms with Crippen LogP contribution in [0.2, 0.25) is 5.02 Å². The quantitative estimate of drug-likeness (QED) is 0.808. The lowest BCUT2D eigenvalue weighted by Crippen LogP contribution is -2.46. The van der Waals surface area contributed by atoms with Gasteiger partial charge in [0.25, 0.3) is 0 Å². The number of aryl methyl sites for hydroxylation is 1. The Bertz CT molecular complexity index is 840. The first-order valence-electron chi connectivity index (χ1n) is 7.90. The fraction of sp³-hybridized carbons (Fsp3) is 0.412. The highest BCUT2D eigenvalue weighted by Gasteiger charge is 2.58. The van der Waals surface area contributed by atoms with Crippen molar-refractivity contribution in [2.75, 3.05) is 0 Å². The molecule has 2 aromatic rings. The van der Waals surface area contributed by atoms with Gasteiger partial charge in [-0.25, -0.2) is 4.98 Å². The highest BCUT2D eigenvalue weighted by molar-refractivity contribution is 7.09. The van der Waals surface area contributed by atoms with Gasteiger partial charge in [-0.2, -0.15) is 13.2 Å². The summed E-state index contributed by atoms with van der Waals surface area (Å²) < 4.78 is 40.5. The second kappa shape index (κ2) is 6.83. The Labute approximate surface area is 157 Å². The summed E-state index contributed by atoms with van der Waals surface area (Å²) in [6.07, 6.45) is -4.98. The van der Waals surface area contributed by atoms with Crippen LogP contribution in [0.15, 0.2) is 23.6 Å². The molecule has 0 unspecified atom stereocenters. The number of thiazole rings is 1. The predicted octanol–water partition coefficient (Wildman–Crippen LogP) is 4.05. The Balaban J connectivity index is 1.79. The number of alkyl halides is 3. The number of hydrogen-bond donors (Lipinski definition) is 2. The van der Waals surface area contributed by atoms with Gasteiger partial charge < -0.3 is 10.4 Å². The number of carbonyl (C=O) groups excluding carboxylic acids is 1. The van der Waals surface area contributed by atoms with E-state index in [9.17, 15) is 23.1 Å². The smallest absolute Gasteiger partial charge is 0.374 e. The fourth-order valence-electron chi connectivity index (χ4n) is 3.08. The van der Waals surface area contributed by atoms with Crippen LogP contribution >= 0.6 is 22.9 Å². The number of aliphatic hydroxyl groups is 1. The van der Waals surface area contributed by atoms with Crippen molar-refractivity contribution in [1.82, 2.24) is 10.3 Å². The summed E-state index contributed by atoms with van der Waals surface area (Å²) in [7, 11) is 0. The molecule has 0 saturated carbocycles. The Hall–Kier alpha value is -1.64. The van der Waals surface area contributed by atoms with E-state index in [0.717, 1.165) is 11.1 Å². The number of halogens is 4. The van der Waals surface area contributed by atoms with Gasteiger partial charge in [0.15, 0.2) is 0 Å². The number of rotatable bonds is 4. The fourth-order valence-corrected chi connectivity index (χ4v) is 4.27. The van der Waals surface area contributed by atoms with Crippen molar-refractivity contribution in [2.24, 2.45) is 0 Å². The third-order valence-corrected chi connectivity index (χ3v) is 5.87. The van der Waals surface area contributed by atoms with Crippen LogP contribution in [0.3, 0.4) is 0 Å². The molecule has 140 valence electrons. The van der Waals surface area contributed by atoms with Crippen molar-refractivity contribution in [3.63, 3.8) is 0 Å². The predicted molar refractivity (Wildman–Crippen MR) is 92.1 cm³/mol. The lowest BCUT2D eigenvalue weighted by atomic mass is 9.98. The zero-order valence-corrected chi connectivity index (χ0v) is 15.3. The molecular formula is C17H16ClF3N2O2S. The standard InChI is InChI=1S/C17H16ClF3N2O2S/c1-9-8-26-15(22-9)16(25,17(19,20)21)7-14(24)23-13-6-5-10-11(13)3-2-4-12(10)18/h2-4,8,13,25H,5-7H2,1H3,(H,23,24)/t13-,16-/m0/s1. The molecular weight excluding hydrogens is 389 g/mol. The van der Waals surface area contributed by atoms with Gasteiger partial charge in [-0.3, -0.25) is 4.79 Å². The van der Waals surface area contributed by atoms with Gasteiger partial charge in [0.05, 0.1) is 12.5 Å². The largest absolute Gasteiger partial charge is 0.424 e. The van der Waals surface area contributed by atoms with E-state index in [2.05, 4.69) is 10.3 Å². The molecule has 1 aromatic heterocycles. The first-order valence-corrected chi connectivity index (χ1v) is 9.16. The Kier molecular flexibility index (Phi) is 5.02. The minimum Gasteiger partial charge on any atom is -0.374 e. The summed E-state index contributed by atoms with van der Waals surface area (Å²) in [4.78, 5) is 16.0. The van der Waals surface area contributed by atoms with Crippen molar-refractivity contribution in [3.05, 3.63) is 50.4 Å². The number of nitrogens with one attached hydrogen (secondary N) is 1. The zero-order chi connectivity index (χ0) is 19.1. The van der Waals surface area contributed by atoms with Gasteiger partial charge in [0.2, 0.25) is 11.5 Å². The van der Waals surface area contributed by atoms with E-state index in [1.54, 1.807) is 18.2 Å². The average Bonchev–Trinajstić information content (AvgIpc) is 3.14. The number of fused-ring (bicyclic) bond motifs is 1. The van der Waals surface area contributed by atoms with Crippen LogP contribution in [0.4, 0.5) is 13.2 Å². The van der Waals surface area contributed by atoms with E-state index in [1.807, 2.05) is 0 Å². The third-order valence-electron chi connectivity index (χ3n) is 4.41. The summed E-state index contributed by atoms with van der Waals surface area (Å²) in [5.41, 5.74) is -1.27. The highest BCUT2D eigenvalue weighted by atomic mass is 35.5. The van der Waals surface area contributed by atoms with Gasteiger partial charge in [-0.1, -0.05) is 23.7 Å². The molecule has 3 rings (SSSR count). The van der Waals surface area contributed by atoms with Crippen molar-refractivity contribution < 1.29 is 23.1 Å². The first-order chi connectivity index (χ1) is 12.1. The van der Waals surface area contributed by atoms with E-state index in [4.69, 9.17) is 11.6 Å². The van der Waals surface area contributed by atoms with Crippen LogP contribution in [-0.4, -0.2) is 22.2 Å². The minimum absolute atomic E-state index is 0.354. The van der Waals surface area contributed by atoms with Crippen molar-refractivity contribution in [2.45, 2.75) is 44.0 Å². The van der Waals surface area contributed by atoms with E-state index >= 15 is 0 Å². The van der Waals surface area contributed by atoms with Crippen molar-refractivity contribution in [1.29, 1.82) is 0 Å². The molecule has 0 fully saturated rings. The molecule has 0 radical (unpaired) electrons. The van der Waals surface area contributed by atoms with Crippen molar-refractivity contribution in [3.8, 4) is 0 Å². The number of aromatic nitrogens is 1. The molecule has 4 nitrogen and oxygen atoms in total. The van der Waals surface area contributed by atoms with Crippen LogP contribution in [0.5, 0.6) is 0 Å². The van der Waals surface area contributed by atoms with Crippen LogP contribution in [0.1, 0.15) is 40.7 Å². The maximum absolute atomic E-state index is 13.5. The Morgan fingerprint density at radius 1 is 1.46 bits per heavy atom. The topological polar surface area (TPSA) is 62.2 Å². The molecule has 26 heavy (non-hydrogen) atoms. The zero-order valence-electron chi connectivity index (χ0n) is 13.7. The number of amides is 1. The molecule has 1 amide bonds. The number of carbonyl (C=O) groups is 1. The summed E-state index contributed by atoms with van der Waals surface area (Å²) in [6.45, 7) is 1.52. The van der Waals surface area contributed by atoms with E-state index in [1.165, 1.54) is 12.3 Å². The molecule has 1 aromatic carbocycles. The second-order valence-electron chi connectivity index (χ2n) is 6.30. The van der Waals surface area contributed by atoms with E-state index in [0.29, 0.717) is 34.9 Å². The number of hydrogen-bond acceptors (Lipinski definition) is 4. The summed E-state index contributed by atoms with van der Waals surface area (Å²) in [5.74, 6) is -0.893. The average molecular weight is 405 g/mol. The molecule has 0 spiro atoms. The van der Waals surface area contributed by atoms with Gasteiger partial charge >= 0.3 is 6.18 Å². The number of nitrogens with zero attached hydrogens (tertiary/aromatic N) is 1. The summed E-state index contributed by atoms with van der Waals surface area (Å²) >= 11 is 6.79. The maximum Gasteiger partial charge on any atom is 0.424 e. The molecule has 0 saturated heterocycles. The third kappa shape index (κ3) is 3.45. The molecule has 0 aliphatic heterocycles. The lowest BCUT2D eigenvalue weighted by Gasteiger charge is -2.28. The molecule has 1 aliphatic carbocycles. The normalized spacial score (nSPS) is 19.1. The summed E-state index contributed by atoms with van der Waals surface area (Å²) in [5, 5.41) is 14.3. The highest BCUT2D eigenvalue weighted by Crippen LogP contribution is 2.43. The van der Waals surface area contributed by atoms with E-state index in [-0.39, 0.29) is 0 Å². The van der Waals surface area contributed by atoms with Gasteiger partial charge in [0.1, 0.15) is 5.01 Å². The summed E-state index contributed by atoms with van der Waals surface area (Å²) in [6, 6.07) is 4.83. The van der Waals surface area contributed by atoms with E-state index < -0.39 is 35.2 Å². The molecule has 0 bridgehead atoms. The van der Waals surface area contributed by atoms with Crippen LogP contribution in [-0.2, 0) is 16.8 Å². The van der Waals surface area contributed by atoms with Gasteiger partial charge in [-0.15, -0.1) is 11.3 Å². The monoisotopic (exact) mass is 404 g/mol. The Morgan fingerprint density at radius 2 is 2.19 bits per heavy atom. The molecule has 2 atom stereocenters. The lowest BCUT2D eigenvalue weighted by molar-refractivity contribution is -0.267. The van der Waals surface area contributed by atoms with Gasteiger partial charge in [0, 0.05) is 16.1 Å². The first kappa shape index (κ1) is 19.1. The SMILES string of the molecule is Cc1csc([C@@](O)(CC(=O)N[C@H]2CCc3c(Cl)cccc32)C(F)(F)F)n1.